The van der Waals surface area contributed by atoms with Gasteiger partial charge in [-0.25, -0.2) is 0 Å². The molecule has 0 saturated carbocycles. The van der Waals surface area contributed by atoms with Gasteiger partial charge in [-0.1, -0.05) is 38.1 Å². The second-order valence-electron chi connectivity index (χ2n) is 5.18. The average molecular weight is 248 g/mol. The van der Waals surface area contributed by atoms with E-state index in [1.807, 2.05) is 38.1 Å². The fourth-order valence-electron chi connectivity index (χ4n) is 3.11. The summed E-state index contributed by atoms with van der Waals surface area (Å²) in [7, 11) is 0. The van der Waals surface area contributed by atoms with Crippen molar-refractivity contribution in [1.82, 2.24) is 0 Å². The molecule has 96 valence electrons. The lowest BCUT2D eigenvalue weighted by Crippen LogP contribution is -2.44. The minimum absolute atomic E-state index is 0.0409. The lowest BCUT2D eigenvalue weighted by Gasteiger charge is -2.30. The van der Waals surface area contributed by atoms with Crippen molar-refractivity contribution >= 4 is 11.9 Å². The maximum atomic E-state index is 11.6. The third kappa shape index (κ3) is 1.52. The molecule has 0 fully saturated rings. The van der Waals surface area contributed by atoms with Gasteiger partial charge in [0.05, 0.1) is 0 Å². The zero-order valence-electron chi connectivity index (χ0n) is 10.4. The van der Waals surface area contributed by atoms with Gasteiger partial charge in [0.2, 0.25) is 0 Å². The van der Waals surface area contributed by atoms with Crippen LogP contribution in [0.2, 0.25) is 0 Å². The van der Waals surface area contributed by atoms with Crippen molar-refractivity contribution in [3.8, 4) is 0 Å². The fraction of sp³-hybridized carbons (Fsp3) is 0.429. The van der Waals surface area contributed by atoms with Crippen molar-refractivity contribution in [1.29, 1.82) is 0 Å². The lowest BCUT2D eigenvalue weighted by atomic mass is 9.71. The highest BCUT2D eigenvalue weighted by molar-refractivity contribution is 6.01. The van der Waals surface area contributed by atoms with Crippen LogP contribution in [0.3, 0.4) is 0 Å². The predicted octanol–water partition coefficient (Wildman–Crippen LogP) is 2.14. The third-order valence-electron chi connectivity index (χ3n) is 3.82. The Balaban J connectivity index is 2.65. The molecule has 0 aromatic heterocycles. The molecule has 1 unspecified atom stereocenters. The Labute approximate surface area is 105 Å². The van der Waals surface area contributed by atoms with Gasteiger partial charge in [-0.2, -0.15) is 0 Å². The monoisotopic (exact) mass is 248 g/mol. The maximum Gasteiger partial charge on any atom is 0.322 e. The summed E-state index contributed by atoms with van der Waals surface area (Å²) >= 11 is 0. The number of carbonyl (C=O) groups is 2. The van der Waals surface area contributed by atoms with Crippen LogP contribution < -0.4 is 0 Å². The minimum atomic E-state index is -1.72. The summed E-state index contributed by atoms with van der Waals surface area (Å²) in [6.45, 7) is 3.74. The minimum Gasteiger partial charge on any atom is -0.480 e. The van der Waals surface area contributed by atoms with Gasteiger partial charge in [-0.15, -0.1) is 0 Å². The molecule has 0 aliphatic heterocycles. The highest BCUT2D eigenvalue weighted by Crippen LogP contribution is 2.51. The van der Waals surface area contributed by atoms with Crippen LogP contribution in [0, 0.1) is 11.3 Å². The number of hydrogen-bond acceptors (Lipinski definition) is 2. The van der Waals surface area contributed by atoms with Gasteiger partial charge in [-0.05, 0) is 17.0 Å². The van der Waals surface area contributed by atoms with Crippen LogP contribution in [0.4, 0.5) is 0 Å². The number of benzene rings is 1. The Hall–Kier alpha value is -1.84. The van der Waals surface area contributed by atoms with Crippen LogP contribution in [-0.4, -0.2) is 22.2 Å². The van der Waals surface area contributed by atoms with Crippen LogP contribution in [-0.2, 0) is 16.0 Å². The zero-order valence-corrected chi connectivity index (χ0v) is 10.4. The van der Waals surface area contributed by atoms with Gasteiger partial charge < -0.3 is 10.2 Å². The Morgan fingerprint density at radius 3 is 2.28 bits per heavy atom. The summed E-state index contributed by atoms with van der Waals surface area (Å²) in [5.74, 6) is -3.01. The molecule has 2 rings (SSSR count). The van der Waals surface area contributed by atoms with Gasteiger partial charge in [-0.3, -0.25) is 9.59 Å². The number of rotatable bonds is 3. The number of fused-ring (bicyclic) bond motifs is 1. The molecule has 4 nitrogen and oxygen atoms in total. The van der Waals surface area contributed by atoms with Crippen molar-refractivity contribution in [3.63, 3.8) is 0 Å². The topological polar surface area (TPSA) is 74.6 Å². The van der Waals surface area contributed by atoms with Gasteiger partial charge >= 0.3 is 11.9 Å². The van der Waals surface area contributed by atoms with Gasteiger partial charge in [0, 0.05) is 12.3 Å². The molecule has 1 aliphatic rings. The molecule has 4 heteroatoms. The van der Waals surface area contributed by atoms with E-state index in [1.54, 1.807) is 0 Å². The van der Waals surface area contributed by atoms with E-state index in [0.29, 0.717) is 0 Å². The maximum absolute atomic E-state index is 11.6. The Morgan fingerprint density at radius 2 is 1.78 bits per heavy atom. The van der Waals surface area contributed by atoms with Crippen LogP contribution in [0.15, 0.2) is 24.3 Å². The van der Waals surface area contributed by atoms with Crippen molar-refractivity contribution in [2.75, 3.05) is 0 Å². The van der Waals surface area contributed by atoms with Gasteiger partial charge in [0.15, 0.2) is 5.41 Å². The lowest BCUT2D eigenvalue weighted by molar-refractivity contribution is -0.166. The highest BCUT2D eigenvalue weighted by atomic mass is 16.4. The molecule has 1 aromatic carbocycles. The van der Waals surface area contributed by atoms with E-state index < -0.39 is 23.3 Å². The SMILES string of the molecule is CC(C)C1c2ccccc2CC1(C(=O)O)C(=O)O. The summed E-state index contributed by atoms with van der Waals surface area (Å²) in [5, 5.41) is 18.9. The summed E-state index contributed by atoms with van der Waals surface area (Å²) in [6, 6.07) is 7.30. The normalized spacial score (nSPS) is 20.7. The van der Waals surface area contributed by atoms with Gasteiger partial charge in [0.1, 0.15) is 0 Å². The van der Waals surface area contributed by atoms with E-state index >= 15 is 0 Å². The van der Waals surface area contributed by atoms with Crippen LogP contribution in [0.5, 0.6) is 0 Å². The molecule has 1 atom stereocenters. The zero-order chi connectivity index (χ0) is 13.5. The van der Waals surface area contributed by atoms with Crippen molar-refractivity contribution < 1.29 is 19.8 Å². The molecule has 2 N–H and O–H groups in total. The van der Waals surface area contributed by atoms with Crippen molar-refractivity contribution in [3.05, 3.63) is 35.4 Å². The quantitative estimate of drug-likeness (QED) is 0.804. The van der Waals surface area contributed by atoms with Crippen LogP contribution in [0.25, 0.3) is 0 Å². The predicted molar refractivity (Wildman–Crippen MR) is 65.4 cm³/mol. The highest BCUT2D eigenvalue weighted by Gasteiger charge is 2.58. The molecular weight excluding hydrogens is 232 g/mol. The molecular formula is C14H16O4. The van der Waals surface area contributed by atoms with E-state index in [1.165, 1.54) is 0 Å². The largest absolute Gasteiger partial charge is 0.480 e. The molecule has 0 heterocycles. The second-order valence-corrected chi connectivity index (χ2v) is 5.18. The first-order valence-corrected chi connectivity index (χ1v) is 5.96. The fourth-order valence-corrected chi connectivity index (χ4v) is 3.11. The number of aliphatic carboxylic acids is 2. The standard InChI is InChI=1S/C14H16O4/c1-8(2)11-10-6-4-3-5-9(10)7-14(11,12(15)16)13(17)18/h3-6,8,11H,7H2,1-2H3,(H,15,16)(H,17,18). The Kier molecular flexibility index (Phi) is 2.89. The van der Waals surface area contributed by atoms with E-state index in [9.17, 15) is 19.8 Å². The van der Waals surface area contributed by atoms with Crippen molar-refractivity contribution in [2.24, 2.45) is 11.3 Å². The molecule has 1 aromatic rings. The Morgan fingerprint density at radius 1 is 1.22 bits per heavy atom. The molecule has 1 aliphatic carbocycles. The molecule has 18 heavy (non-hydrogen) atoms. The van der Waals surface area contributed by atoms with Gasteiger partial charge in [0.25, 0.3) is 0 Å². The summed E-state index contributed by atoms with van der Waals surface area (Å²) in [6.07, 6.45) is 0.0662. The summed E-state index contributed by atoms with van der Waals surface area (Å²) in [5.41, 5.74) is -0.0315. The molecule has 0 bridgehead atoms. The Bertz CT molecular complexity index is 490. The smallest absolute Gasteiger partial charge is 0.322 e. The second kappa shape index (κ2) is 4.12. The van der Waals surface area contributed by atoms with E-state index in [2.05, 4.69) is 0 Å². The number of carboxylic acid groups (broad SMARTS) is 2. The molecule has 0 amide bonds. The van der Waals surface area contributed by atoms with Crippen molar-refractivity contribution in [2.45, 2.75) is 26.2 Å². The molecule has 0 radical (unpaired) electrons. The first kappa shape index (κ1) is 12.6. The molecule has 0 spiro atoms. The molecule has 0 saturated heterocycles. The number of carboxylic acids is 2. The van der Waals surface area contributed by atoms with E-state index in [4.69, 9.17) is 0 Å². The summed E-state index contributed by atoms with van der Waals surface area (Å²) < 4.78 is 0. The van der Waals surface area contributed by atoms with E-state index in [-0.39, 0.29) is 12.3 Å². The number of hydrogen-bond donors (Lipinski definition) is 2. The summed E-state index contributed by atoms with van der Waals surface area (Å²) in [4.78, 5) is 23.1. The van der Waals surface area contributed by atoms with Crippen LogP contribution >= 0.6 is 0 Å². The van der Waals surface area contributed by atoms with Crippen LogP contribution in [0.1, 0.15) is 30.9 Å². The van der Waals surface area contributed by atoms with E-state index in [0.717, 1.165) is 11.1 Å². The average Bonchev–Trinajstić information content (AvgIpc) is 2.64. The first-order chi connectivity index (χ1) is 8.41. The first-order valence-electron chi connectivity index (χ1n) is 5.96. The third-order valence-corrected chi connectivity index (χ3v) is 3.82.